The number of aliphatic hydroxyl groups is 2. The van der Waals surface area contributed by atoms with Crippen molar-refractivity contribution in [1.82, 2.24) is 10.2 Å². The Kier molecular flexibility index (Phi) is 4.01. The molecule has 3 aliphatic rings. The number of amides is 3. The number of hydrogen-bond acceptors (Lipinski definition) is 6. The molecule has 0 unspecified atom stereocenters. The average Bonchev–Trinajstić information content (AvgIpc) is 3.08. The van der Waals surface area contributed by atoms with Gasteiger partial charge in [-0.05, 0) is 13.8 Å². The second kappa shape index (κ2) is 5.65. The number of carbonyl (C=O) groups is 3. The molecule has 3 N–H and O–H groups in total. The first kappa shape index (κ1) is 17.1. The smallest absolute Gasteiger partial charge is 0.236 e. The van der Waals surface area contributed by atoms with Crippen LogP contribution in [0.2, 0.25) is 0 Å². The second-order valence-corrected chi connectivity index (χ2v) is 6.97. The van der Waals surface area contributed by atoms with Crippen LogP contribution in [0.15, 0.2) is 12.2 Å². The quantitative estimate of drug-likeness (QED) is 0.404. The normalized spacial score (nSPS) is 36.8. The maximum atomic E-state index is 12.7. The zero-order valence-electron chi connectivity index (χ0n) is 13.7. The molecule has 8 nitrogen and oxygen atoms in total. The molecular weight excluding hydrogens is 316 g/mol. The minimum absolute atomic E-state index is 0.0216. The van der Waals surface area contributed by atoms with Gasteiger partial charge in [-0.15, -0.1) is 0 Å². The van der Waals surface area contributed by atoms with Crippen LogP contribution in [0, 0.1) is 11.8 Å². The summed E-state index contributed by atoms with van der Waals surface area (Å²) in [5.74, 6) is -2.16. The van der Waals surface area contributed by atoms with Crippen LogP contribution in [0.1, 0.15) is 20.3 Å². The van der Waals surface area contributed by atoms with Crippen LogP contribution in [-0.4, -0.2) is 69.8 Å². The molecule has 2 fully saturated rings. The highest BCUT2D eigenvalue weighted by Gasteiger charge is 2.70. The molecule has 2 saturated heterocycles. The Bertz CT molecular complexity index is 580. The largest absolute Gasteiger partial charge is 0.394 e. The van der Waals surface area contributed by atoms with Gasteiger partial charge < -0.3 is 20.3 Å². The summed E-state index contributed by atoms with van der Waals surface area (Å²) in [5.41, 5.74) is -1.55. The summed E-state index contributed by atoms with van der Waals surface area (Å²) >= 11 is 0. The number of nitrogens with one attached hydrogen (secondary N) is 1. The topological polar surface area (TPSA) is 116 Å². The molecule has 3 rings (SSSR count). The van der Waals surface area contributed by atoms with Gasteiger partial charge in [0.15, 0.2) is 0 Å². The summed E-state index contributed by atoms with van der Waals surface area (Å²) in [4.78, 5) is 38.3. The number of likely N-dealkylation sites (tertiary alicyclic amines) is 1. The first-order chi connectivity index (χ1) is 11.3. The van der Waals surface area contributed by atoms with E-state index in [-0.39, 0.29) is 38.0 Å². The first-order valence-electron chi connectivity index (χ1n) is 8.02. The Hall–Kier alpha value is -1.77. The average molecular weight is 338 g/mol. The number of aliphatic hydroxyl groups excluding tert-OH is 2. The number of nitrogens with zero attached hydrogens (tertiary/aromatic N) is 1. The van der Waals surface area contributed by atoms with Crippen molar-refractivity contribution in [3.05, 3.63) is 12.2 Å². The highest BCUT2D eigenvalue weighted by atomic mass is 16.5. The van der Waals surface area contributed by atoms with Gasteiger partial charge >= 0.3 is 0 Å². The number of rotatable bonds is 6. The third-order valence-electron chi connectivity index (χ3n) is 5.19. The van der Waals surface area contributed by atoms with E-state index in [1.807, 2.05) is 12.2 Å². The molecular formula is C16H22N2O6. The van der Waals surface area contributed by atoms with Crippen molar-refractivity contribution >= 4 is 17.7 Å². The molecule has 3 amide bonds. The molecule has 8 heteroatoms. The lowest BCUT2D eigenvalue weighted by atomic mass is 9.73. The van der Waals surface area contributed by atoms with Gasteiger partial charge in [0.25, 0.3) is 0 Å². The summed E-state index contributed by atoms with van der Waals surface area (Å²) in [5, 5.41) is 20.4. The standard InChI is InChI=1S/C16H22N2O6/c1-15-4-5-16(2,24-15)12-11(15)13(22)18(14(12)23)6-3-10(21)17-9(7-19)8-20/h4-5,9,11-12,19-20H,3,6-8H2,1-2H3,(H,17,21)/t11-,12+,15-,16+. The minimum atomic E-state index is -0.776. The van der Waals surface area contributed by atoms with Crippen molar-refractivity contribution in [3.63, 3.8) is 0 Å². The Morgan fingerprint density at radius 1 is 1.21 bits per heavy atom. The molecule has 2 bridgehead atoms. The predicted molar refractivity (Wildman–Crippen MR) is 81.5 cm³/mol. The van der Waals surface area contributed by atoms with E-state index in [0.29, 0.717) is 0 Å². The van der Waals surface area contributed by atoms with Crippen LogP contribution in [0.25, 0.3) is 0 Å². The molecule has 0 saturated carbocycles. The van der Waals surface area contributed by atoms with Crippen LogP contribution < -0.4 is 5.32 Å². The number of ether oxygens (including phenoxy) is 1. The van der Waals surface area contributed by atoms with Crippen LogP contribution in [-0.2, 0) is 19.1 Å². The molecule has 0 radical (unpaired) electrons. The Labute approximate surface area is 139 Å². The van der Waals surface area contributed by atoms with E-state index >= 15 is 0 Å². The van der Waals surface area contributed by atoms with Crippen molar-refractivity contribution in [1.29, 1.82) is 0 Å². The summed E-state index contributed by atoms with van der Waals surface area (Å²) in [6.45, 7) is 2.81. The molecule has 0 spiro atoms. The van der Waals surface area contributed by atoms with Gasteiger partial charge in [-0.3, -0.25) is 19.3 Å². The van der Waals surface area contributed by atoms with Crippen molar-refractivity contribution < 1.29 is 29.3 Å². The van der Waals surface area contributed by atoms with E-state index in [0.717, 1.165) is 4.90 Å². The lowest BCUT2D eigenvalue weighted by molar-refractivity contribution is -0.146. The second-order valence-electron chi connectivity index (χ2n) is 6.97. The fraction of sp³-hybridized carbons (Fsp3) is 0.688. The van der Waals surface area contributed by atoms with Crippen LogP contribution in [0.4, 0.5) is 0 Å². The third-order valence-corrected chi connectivity index (χ3v) is 5.19. The molecule has 0 aromatic heterocycles. The molecule has 0 aliphatic carbocycles. The predicted octanol–water partition coefficient (Wildman–Crippen LogP) is -1.44. The SMILES string of the molecule is C[C@]12C=C[C@](C)(O1)[C@@H]1C(=O)N(CCC(=O)NC(CO)CO)C(=O)[C@@H]12. The van der Waals surface area contributed by atoms with E-state index in [2.05, 4.69) is 5.32 Å². The zero-order chi connectivity index (χ0) is 17.7. The monoisotopic (exact) mass is 338 g/mol. The Morgan fingerprint density at radius 2 is 1.71 bits per heavy atom. The molecule has 0 aromatic carbocycles. The number of hydrogen-bond donors (Lipinski definition) is 3. The van der Waals surface area contributed by atoms with Gasteiger partial charge in [0, 0.05) is 13.0 Å². The number of carbonyl (C=O) groups excluding carboxylic acids is 3. The van der Waals surface area contributed by atoms with Gasteiger partial charge in [-0.2, -0.15) is 0 Å². The number of fused-ring (bicyclic) bond motifs is 5. The van der Waals surface area contributed by atoms with E-state index in [4.69, 9.17) is 14.9 Å². The summed E-state index contributed by atoms with van der Waals surface area (Å²) < 4.78 is 5.90. The van der Waals surface area contributed by atoms with Crippen molar-refractivity contribution in [2.75, 3.05) is 19.8 Å². The molecule has 132 valence electrons. The lowest BCUT2D eigenvalue weighted by Crippen LogP contribution is -2.43. The van der Waals surface area contributed by atoms with Gasteiger partial charge in [0.05, 0.1) is 42.3 Å². The van der Waals surface area contributed by atoms with Crippen molar-refractivity contribution in [2.45, 2.75) is 37.5 Å². The minimum Gasteiger partial charge on any atom is -0.394 e. The lowest BCUT2D eigenvalue weighted by Gasteiger charge is -2.25. The van der Waals surface area contributed by atoms with Gasteiger partial charge in [0.1, 0.15) is 0 Å². The first-order valence-corrected chi connectivity index (χ1v) is 8.02. The van der Waals surface area contributed by atoms with E-state index < -0.39 is 35.0 Å². The van der Waals surface area contributed by atoms with E-state index in [9.17, 15) is 14.4 Å². The van der Waals surface area contributed by atoms with Gasteiger partial charge in [0.2, 0.25) is 17.7 Å². The molecule has 3 aliphatic heterocycles. The molecule has 0 aromatic rings. The maximum absolute atomic E-state index is 12.7. The van der Waals surface area contributed by atoms with Crippen LogP contribution in [0.3, 0.4) is 0 Å². The number of imide groups is 1. The summed E-state index contributed by atoms with van der Waals surface area (Å²) in [6, 6.07) is -0.742. The summed E-state index contributed by atoms with van der Waals surface area (Å²) in [6.07, 6.45) is 3.60. The highest BCUT2D eigenvalue weighted by molar-refractivity contribution is 6.07. The van der Waals surface area contributed by atoms with Gasteiger partial charge in [-0.1, -0.05) is 12.2 Å². The zero-order valence-corrected chi connectivity index (χ0v) is 13.7. The fourth-order valence-electron chi connectivity index (χ4n) is 3.97. The van der Waals surface area contributed by atoms with Crippen molar-refractivity contribution in [3.8, 4) is 0 Å². The van der Waals surface area contributed by atoms with Crippen LogP contribution >= 0.6 is 0 Å². The third kappa shape index (κ3) is 2.37. The summed E-state index contributed by atoms with van der Waals surface area (Å²) in [7, 11) is 0. The van der Waals surface area contributed by atoms with E-state index in [1.54, 1.807) is 13.8 Å². The Balaban J connectivity index is 1.66. The maximum Gasteiger partial charge on any atom is 0.236 e. The Morgan fingerprint density at radius 3 is 2.17 bits per heavy atom. The molecule has 24 heavy (non-hydrogen) atoms. The van der Waals surface area contributed by atoms with E-state index in [1.165, 1.54) is 0 Å². The molecule has 3 heterocycles. The highest BCUT2D eigenvalue weighted by Crippen LogP contribution is 2.56. The van der Waals surface area contributed by atoms with Gasteiger partial charge in [-0.25, -0.2) is 0 Å². The fourth-order valence-corrected chi connectivity index (χ4v) is 3.97. The molecule has 4 atom stereocenters. The van der Waals surface area contributed by atoms with Crippen LogP contribution in [0.5, 0.6) is 0 Å². The van der Waals surface area contributed by atoms with Crippen molar-refractivity contribution in [2.24, 2.45) is 11.8 Å².